The van der Waals surface area contributed by atoms with Crippen LogP contribution in [0.1, 0.15) is 18.1 Å². The van der Waals surface area contributed by atoms with E-state index in [9.17, 15) is 19.7 Å². The van der Waals surface area contributed by atoms with E-state index in [4.69, 9.17) is 0 Å². The number of nitro benzene ring substituents is 1. The number of allylic oxidation sites excluding steroid dienone is 4. The van der Waals surface area contributed by atoms with Crippen molar-refractivity contribution in [3.8, 4) is 0 Å². The lowest BCUT2D eigenvalue weighted by molar-refractivity contribution is -0.385. The molecule has 0 N–H and O–H groups in total. The van der Waals surface area contributed by atoms with Gasteiger partial charge in [0, 0.05) is 23.5 Å². The predicted octanol–water partition coefficient (Wildman–Crippen LogP) is 4.30. The van der Waals surface area contributed by atoms with Crippen molar-refractivity contribution in [3.63, 3.8) is 0 Å². The van der Waals surface area contributed by atoms with Gasteiger partial charge in [0.05, 0.1) is 22.4 Å². The van der Waals surface area contributed by atoms with E-state index >= 15 is 0 Å². The second kappa shape index (κ2) is 6.49. The van der Waals surface area contributed by atoms with Crippen LogP contribution in [-0.2, 0) is 9.59 Å². The molecule has 0 aromatic heterocycles. The number of hydrogen-bond donors (Lipinski definition) is 0. The molecule has 2 amide bonds. The SMILES string of the molecule is CC(=C1[C@H]2C=C[C@H]1[C@H]1C(=O)N(c3ccc(C)c([N+](=O)[O-])c3)C(=O)[C@H]12)c1ccccc1. The first-order valence-electron chi connectivity index (χ1n) is 9.97. The summed E-state index contributed by atoms with van der Waals surface area (Å²) in [5.41, 5.74) is 4.04. The highest BCUT2D eigenvalue weighted by atomic mass is 16.6. The van der Waals surface area contributed by atoms with Crippen molar-refractivity contribution in [3.05, 3.63) is 87.5 Å². The molecule has 3 aliphatic rings. The summed E-state index contributed by atoms with van der Waals surface area (Å²) in [7, 11) is 0. The number of carbonyl (C=O) groups excluding carboxylic acids is 2. The Bertz CT molecular complexity index is 1130. The zero-order valence-electron chi connectivity index (χ0n) is 16.6. The van der Waals surface area contributed by atoms with Gasteiger partial charge in [0.1, 0.15) is 0 Å². The van der Waals surface area contributed by atoms with Gasteiger partial charge in [-0.3, -0.25) is 19.7 Å². The summed E-state index contributed by atoms with van der Waals surface area (Å²) < 4.78 is 0. The average molecular weight is 400 g/mol. The molecule has 0 unspecified atom stereocenters. The molecule has 6 heteroatoms. The van der Waals surface area contributed by atoms with Gasteiger partial charge in [-0.05, 0) is 31.1 Å². The second-order valence-corrected chi connectivity index (χ2v) is 8.17. The van der Waals surface area contributed by atoms with Gasteiger partial charge in [-0.25, -0.2) is 4.90 Å². The van der Waals surface area contributed by atoms with E-state index in [2.05, 4.69) is 6.92 Å². The molecule has 0 radical (unpaired) electrons. The van der Waals surface area contributed by atoms with Crippen LogP contribution >= 0.6 is 0 Å². The van der Waals surface area contributed by atoms with Crippen molar-refractivity contribution < 1.29 is 14.5 Å². The topological polar surface area (TPSA) is 80.5 Å². The minimum atomic E-state index is -0.486. The first kappa shape index (κ1) is 18.5. The summed E-state index contributed by atoms with van der Waals surface area (Å²) >= 11 is 0. The van der Waals surface area contributed by atoms with Crippen LogP contribution in [0, 0.1) is 40.7 Å². The number of aryl methyl sites for hydroxylation is 1. The van der Waals surface area contributed by atoms with E-state index < -0.39 is 16.8 Å². The van der Waals surface area contributed by atoms with Crippen molar-refractivity contribution in [1.29, 1.82) is 0 Å². The molecule has 1 aliphatic heterocycles. The van der Waals surface area contributed by atoms with Gasteiger partial charge in [-0.15, -0.1) is 0 Å². The molecule has 4 atom stereocenters. The standard InChI is InChI=1S/C24H20N2O4/c1-13-8-9-16(12-19(13)26(29)30)25-23(27)21-17-10-11-18(22(21)24(25)28)20(17)14(2)15-6-4-3-5-7-15/h3-12,17-18,21-22H,1-2H3/t17-,18-,21-,22+/m1/s1. The van der Waals surface area contributed by atoms with Gasteiger partial charge in [0.25, 0.3) is 5.69 Å². The molecule has 0 spiro atoms. The van der Waals surface area contributed by atoms with Crippen LogP contribution < -0.4 is 4.90 Å². The molecule has 5 rings (SSSR count). The van der Waals surface area contributed by atoms with Gasteiger partial charge in [-0.1, -0.05) is 54.1 Å². The molecule has 2 fully saturated rings. The van der Waals surface area contributed by atoms with Crippen LogP contribution in [0.25, 0.3) is 5.57 Å². The quantitative estimate of drug-likeness (QED) is 0.333. The van der Waals surface area contributed by atoms with E-state index in [1.54, 1.807) is 19.1 Å². The Morgan fingerprint density at radius 3 is 2.13 bits per heavy atom. The Kier molecular flexibility index (Phi) is 4.00. The maximum Gasteiger partial charge on any atom is 0.274 e. The zero-order valence-corrected chi connectivity index (χ0v) is 16.6. The number of imide groups is 1. The Morgan fingerprint density at radius 1 is 0.967 bits per heavy atom. The average Bonchev–Trinajstić information content (AvgIpc) is 3.38. The Hall–Kier alpha value is -3.54. The number of nitro groups is 1. The maximum absolute atomic E-state index is 13.3. The molecule has 150 valence electrons. The minimum Gasteiger partial charge on any atom is -0.274 e. The second-order valence-electron chi connectivity index (χ2n) is 8.17. The minimum absolute atomic E-state index is 0.0910. The van der Waals surface area contributed by atoms with Gasteiger partial charge < -0.3 is 0 Å². The lowest BCUT2D eigenvalue weighted by Crippen LogP contribution is -2.33. The molecule has 30 heavy (non-hydrogen) atoms. The first-order valence-corrected chi connectivity index (χ1v) is 9.97. The van der Waals surface area contributed by atoms with Crippen LogP contribution in [0.3, 0.4) is 0 Å². The van der Waals surface area contributed by atoms with Gasteiger partial charge in [0.2, 0.25) is 11.8 Å². The van der Waals surface area contributed by atoms with E-state index in [1.165, 1.54) is 6.07 Å². The van der Waals surface area contributed by atoms with Crippen LogP contribution in [0.15, 0.2) is 66.3 Å². The molecule has 6 nitrogen and oxygen atoms in total. The summed E-state index contributed by atoms with van der Waals surface area (Å²) in [6.07, 6.45) is 4.08. The number of amides is 2. The van der Waals surface area contributed by atoms with Crippen molar-refractivity contribution in [2.45, 2.75) is 13.8 Å². The monoisotopic (exact) mass is 400 g/mol. The number of rotatable bonds is 3. The molecule has 1 heterocycles. The van der Waals surface area contributed by atoms with Crippen molar-refractivity contribution in [1.82, 2.24) is 0 Å². The fraction of sp³-hybridized carbons (Fsp3) is 0.250. The molecule has 2 aromatic carbocycles. The van der Waals surface area contributed by atoms with E-state index in [0.29, 0.717) is 5.56 Å². The van der Waals surface area contributed by atoms with Crippen LogP contribution in [-0.4, -0.2) is 16.7 Å². The Morgan fingerprint density at radius 2 is 1.57 bits per heavy atom. The number of nitrogens with zero attached hydrogens (tertiary/aromatic N) is 2. The van der Waals surface area contributed by atoms with Crippen LogP contribution in [0.5, 0.6) is 0 Å². The lowest BCUT2D eigenvalue weighted by Gasteiger charge is -2.20. The summed E-state index contributed by atoms with van der Waals surface area (Å²) in [6, 6.07) is 14.5. The third-order valence-electron chi connectivity index (χ3n) is 6.70. The number of benzene rings is 2. The number of hydrogen-bond acceptors (Lipinski definition) is 4. The molecule has 2 aliphatic carbocycles. The first-order chi connectivity index (χ1) is 14.4. The summed E-state index contributed by atoms with van der Waals surface area (Å²) in [5, 5.41) is 11.3. The van der Waals surface area contributed by atoms with E-state index in [1.807, 2.05) is 42.5 Å². The fourth-order valence-corrected chi connectivity index (χ4v) is 5.31. The predicted molar refractivity (Wildman–Crippen MR) is 112 cm³/mol. The number of anilines is 1. The van der Waals surface area contributed by atoms with Gasteiger partial charge in [0.15, 0.2) is 0 Å². The third-order valence-corrected chi connectivity index (χ3v) is 6.70. The smallest absolute Gasteiger partial charge is 0.274 e. The molecule has 1 saturated heterocycles. The third kappa shape index (κ3) is 2.43. The number of carbonyl (C=O) groups is 2. The molecule has 2 bridgehead atoms. The van der Waals surface area contributed by atoms with Crippen molar-refractivity contribution >= 4 is 28.8 Å². The molecule has 2 aromatic rings. The largest absolute Gasteiger partial charge is 0.274 e. The Balaban J connectivity index is 1.54. The summed E-state index contributed by atoms with van der Waals surface area (Å²) in [5.74, 6) is -1.64. The summed E-state index contributed by atoms with van der Waals surface area (Å²) in [6.45, 7) is 3.69. The van der Waals surface area contributed by atoms with Crippen LogP contribution in [0.2, 0.25) is 0 Å². The van der Waals surface area contributed by atoms with Crippen LogP contribution in [0.4, 0.5) is 11.4 Å². The molecular weight excluding hydrogens is 380 g/mol. The maximum atomic E-state index is 13.3. The molecule has 1 saturated carbocycles. The lowest BCUT2D eigenvalue weighted by atomic mass is 9.85. The van der Waals surface area contributed by atoms with E-state index in [0.717, 1.165) is 21.6 Å². The van der Waals surface area contributed by atoms with Gasteiger partial charge in [-0.2, -0.15) is 0 Å². The highest BCUT2D eigenvalue weighted by Gasteiger charge is 2.62. The highest BCUT2D eigenvalue weighted by molar-refractivity contribution is 6.23. The van der Waals surface area contributed by atoms with Crippen molar-refractivity contribution in [2.75, 3.05) is 4.90 Å². The zero-order chi connectivity index (χ0) is 21.2. The normalized spacial score (nSPS) is 28.3. The fourth-order valence-electron chi connectivity index (χ4n) is 5.31. The summed E-state index contributed by atoms with van der Waals surface area (Å²) in [4.78, 5) is 38.7. The molecular formula is C24H20N2O4. The van der Waals surface area contributed by atoms with Crippen molar-refractivity contribution in [2.24, 2.45) is 23.7 Å². The van der Waals surface area contributed by atoms with Gasteiger partial charge >= 0.3 is 0 Å². The highest BCUT2D eigenvalue weighted by Crippen LogP contribution is 2.58. The van der Waals surface area contributed by atoms with E-state index in [-0.39, 0.29) is 35.0 Å². The number of fused-ring (bicyclic) bond motifs is 5. The Labute approximate surface area is 173 Å².